The summed E-state index contributed by atoms with van der Waals surface area (Å²) in [6.07, 6.45) is 11.7. The lowest BCUT2D eigenvalue weighted by atomic mass is 9.71. The Balaban J connectivity index is 4.73. The van der Waals surface area contributed by atoms with Gasteiger partial charge in [-0.1, -0.05) is 72.0 Å². The summed E-state index contributed by atoms with van der Waals surface area (Å²) in [5, 5.41) is 0. The second-order valence-electron chi connectivity index (χ2n) is 5.95. The molecule has 0 heterocycles. The topological polar surface area (TPSA) is 0 Å². The van der Waals surface area contributed by atoms with Crippen molar-refractivity contribution in [2.45, 2.75) is 86.5 Å². The number of rotatable bonds is 9. The minimum Gasteiger partial charge on any atom is -0.0879 e. The van der Waals surface area contributed by atoms with Crippen LogP contribution in [0.5, 0.6) is 0 Å². The molecule has 0 aromatic heterocycles. The Hall–Kier alpha value is -0.260. The van der Waals surface area contributed by atoms with E-state index in [1.165, 1.54) is 44.9 Å². The van der Waals surface area contributed by atoms with Crippen LogP contribution in [0.25, 0.3) is 0 Å². The average molecular weight is 238 g/mol. The SMILES string of the molecule is CC=C(CC(C)CC)C(C)(CCC)CCCC. The summed E-state index contributed by atoms with van der Waals surface area (Å²) in [6.45, 7) is 14.0. The zero-order valence-corrected chi connectivity index (χ0v) is 13.1. The van der Waals surface area contributed by atoms with Gasteiger partial charge in [0.15, 0.2) is 0 Å². The molecule has 0 aromatic carbocycles. The van der Waals surface area contributed by atoms with Gasteiger partial charge in [0.2, 0.25) is 0 Å². The van der Waals surface area contributed by atoms with Crippen LogP contribution in [0, 0.1) is 11.3 Å². The summed E-state index contributed by atoms with van der Waals surface area (Å²) in [7, 11) is 0. The molecule has 0 heteroatoms. The van der Waals surface area contributed by atoms with Gasteiger partial charge in [0.1, 0.15) is 0 Å². The second kappa shape index (κ2) is 8.78. The van der Waals surface area contributed by atoms with E-state index in [-0.39, 0.29) is 0 Å². The fourth-order valence-corrected chi connectivity index (χ4v) is 2.80. The van der Waals surface area contributed by atoms with Crippen LogP contribution in [0.3, 0.4) is 0 Å². The molecule has 0 bridgehead atoms. The third-order valence-corrected chi connectivity index (χ3v) is 4.27. The Morgan fingerprint density at radius 1 is 1.12 bits per heavy atom. The normalized spacial score (nSPS) is 17.9. The third kappa shape index (κ3) is 5.75. The molecule has 0 spiro atoms. The maximum absolute atomic E-state index is 2.49. The Morgan fingerprint density at radius 2 is 1.76 bits per heavy atom. The van der Waals surface area contributed by atoms with Crippen molar-refractivity contribution in [2.24, 2.45) is 11.3 Å². The molecule has 0 fully saturated rings. The Labute approximate surface area is 110 Å². The first-order valence-corrected chi connectivity index (χ1v) is 7.69. The van der Waals surface area contributed by atoms with Crippen LogP contribution in [0.15, 0.2) is 11.6 Å². The van der Waals surface area contributed by atoms with Gasteiger partial charge in [0.25, 0.3) is 0 Å². The highest BCUT2D eigenvalue weighted by molar-refractivity contribution is 5.13. The van der Waals surface area contributed by atoms with E-state index in [0.29, 0.717) is 5.41 Å². The van der Waals surface area contributed by atoms with Gasteiger partial charge in [-0.3, -0.25) is 0 Å². The van der Waals surface area contributed by atoms with Gasteiger partial charge < -0.3 is 0 Å². The van der Waals surface area contributed by atoms with Crippen molar-refractivity contribution >= 4 is 0 Å². The maximum Gasteiger partial charge on any atom is -0.0116 e. The quantitative estimate of drug-likeness (QED) is 0.410. The lowest BCUT2D eigenvalue weighted by Crippen LogP contribution is -2.21. The summed E-state index contributed by atoms with van der Waals surface area (Å²) in [6, 6.07) is 0. The molecular formula is C17H34. The van der Waals surface area contributed by atoms with E-state index in [1.807, 2.05) is 0 Å². The van der Waals surface area contributed by atoms with Gasteiger partial charge in [0, 0.05) is 0 Å². The molecule has 2 unspecified atom stereocenters. The molecule has 0 saturated heterocycles. The summed E-state index contributed by atoms with van der Waals surface area (Å²) in [5.74, 6) is 0.832. The van der Waals surface area contributed by atoms with Gasteiger partial charge in [-0.2, -0.15) is 0 Å². The zero-order chi connectivity index (χ0) is 13.3. The molecule has 0 rings (SSSR count). The molecule has 102 valence electrons. The number of hydrogen-bond acceptors (Lipinski definition) is 0. The Morgan fingerprint density at radius 3 is 2.18 bits per heavy atom. The predicted octanol–water partition coefficient (Wildman–Crippen LogP) is 6.37. The van der Waals surface area contributed by atoms with Crippen molar-refractivity contribution in [1.29, 1.82) is 0 Å². The lowest BCUT2D eigenvalue weighted by Gasteiger charge is -2.34. The van der Waals surface area contributed by atoms with E-state index in [0.717, 1.165) is 5.92 Å². The molecule has 0 aromatic rings. The molecule has 0 aliphatic heterocycles. The van der Waals surface area contributed by atoms with E-state index in [9.17, 15) is 0 Å². The van der Waals surface area contributed by atoms with Crippen LogP contribution >= 0.6 is 0 Å². The summed E-state index contributed by atoms with van der Waals surface area (Å²) in [5.41, 5.74) is 2.17. The summed E-state index contributed by atoms with van der Waals surface area (Å²) < 4.78 is 0. The van der Waals surface area contributed by atoms with Crippen LogP contribution in [0.1, 0.15) is 86.5 Å². The molecule has 0 amide bonds. The van der Waals surface area contributed by atoms with Crippen LogP contribution < -0.4 is 0 Å². The first-order valence-electron chi connectivity index (χ1n) is 7.69. The summed E-state index contributed by atoms with van der Waals surface area (Å²) in [4.78, 5) is 0. The van der Waals surface area contributed by atoms with Crippen LogP contribution in [-0.2, 0) is 0 Å². The first-order chi connectivity index (χ1) is 8.03. The molecule has 0 N–H and O–H groups in total. The number of allylic oxidation sites excluding steroid dienone is 2. The highest BCUT2D eigenvalue weighted by atomic mass is 14.3. The fourth-order valence-electron chi connectivity index (χ4n) is 2.80. The highest BCUT2D eigenvalue weighted by Crippen LogP contribution is 2.40. The van der Waals surface area contributed by atoms with Crippen LogP contribution in [-0.4, -0.2) is 0 Å². The van der Waals surface area contributed by atoms with Gasteiger partial charge >= 0.3 is 0 Å². The third-order valence-electron chi connectivity index (χ3n) is 4.27. The predicted molar refractivity (Wildman–Crippen MR) is 80.4 cm³/mol. The van der Waals surface area contributed by atoms with Gasteiger partial charge in [-0.25, -0.2) is 0 Å². The van der Waals surface area contributed by atoms with E-state index in [2.05, 4.69) is 47.6 Å². The second-order valence-corrected chi connectivity index (χ2v) is 5.95. The molecule has 0 nitrogen and oxygen atoms in total. The highest BCUT2D eigenvalue weighted by Gasteiger charge is 2.27. The minimum absolute atomic E-state index is 0.461. The van der Waals surface area contributed by atoms with Crippen molar-refractivity contribution in [3.63, 3.8) is 0 Å². The monoisotopic (exact) mass is 238 g/mol. The van der Waals surface area contributed by atoms with Crippen molar-refractivity contribution in [3.8, 4) is 0 Å². The zero-order valence-electron chi connectivity index (χ0n) is 13.1. The summed E-state index contributed by atoms with van der Waals surface area (Å²) >= 11 is 0. The van der Waals surface area contributed by atoms with Crippen molar-refractivity contribution in [1.82, 2.24) is 0 Å². The lowest BCUT2D eigenvalue weighted by molar-refractivity contribution is 0.300. The fraction of sp³-hybridized carbons (Fsp3) is 0.882. The smallest absolute Gasteiger partial charge is 0.0116 e. The van der Waals surface area contributed by atoms with Gasteiger partial charge in [-0.05, 0) is 37.5 Å². The average Bonchev–Trinajstić information content (AvgIpc) is 2.33. The molecule has 0 radical (unpaired) electrons. The van der Waals surface area contributed by atoms with Crippen molar-refractivity contribution < 1.29 is 0 Å². The standard InChI is InChI=1S/C17H34/c1-7-11-13-17(6,12-8-2)16(10-4)14-15(5)9-3/h10,15H,7-9,11-14H2,1-6H3. The van der Waals surface area contributed by atoms with Crippen LogP contribution in [0.4, 0.5) is 0 Å². The maximum atomic E-state index is 2.49. The van der Waals surface area contributed by atoms with Crippen LogP contribution in [0.2, 0.25) is 0 Å². The first kappa shape index (κ1) is 16.7. The van der Waals surface area contributed by atoms with E-state index in [1.54, 1.807) is 5.57 Å². The Bertz CT molecular complexity index is 214. The van der Waals surface area contributed by atoms with Gasteiger partial charge in [-0.15, -0.1) is 0 Å². The molecule has 0 aliphatic rings. The van der Waals surface area contributed by atoms with E-state index in [4.69, 9.17) is 0 Å². The molecular weight excluding hydrogens is 204 g/mol. The minimum atomic E-state index is 0.461. The number of hydrogen-bond donors (Lipinski definition) is 0. The van der Waals surface area contributed by atoms with E-state index < -0.39 is 0 Å². The van der Waals surface area contributed by atoms with Crippen molar-refractivity contribution in [2.75, 3.05) is 0 Å². The van der Waals surface area contributed by atoms with E-state index >= 15 is 0 Å². The Kier molecular flexibility index (Phi) is 8.64. The van der Waals surface area contributed by atoms with Crippen molar-refractivity contribution in [3.05, 3.63) is 11.6 Å². The molecule has 0 saturated carbocycles. The molecule has 17 heavy (non-hydrogen) atoms. The molecule has 0 aliphatic carbocycles. The molecule has 2 atom stereocenters. The van der Waals surface area contributed by atoms with Gasteiger partial charge in [0.05, 0.1) is 0 Å². The largest absolute Gasteiger partial charge is 0.0879 e. The number of unbranched alkanes of at least 4 members (excludes halogenated alkanes) is 1.